The van der Waals surface area contributed by atoms with Crippen LogP contribution in [0.1, 0.15) is 19.8 Å². The predicted molar refractivity (Wildman–Crippen MR) is 70.5 cm³/mol. The Balaban J connectivity index is 1.91. The SMILES string of the molecule is CCCCOCCNCCOc1ccc(F)cc1. The van der Waals surface area contributed by atoms with Crippen molar-refractivity contribution in [3.63, 3.8) is 0 Å². The maximum absolute atomic E-state index is 12.6. The van der Waals surface area contributed by atoms with Crippen molar-refractivity contribution in [2.45, 2.75) is 19.8 Å². The Kier molecular flexibility index (Phi) is 8.17. The molecule has 3 nitrogen and oxygen atoms in total. The van der Waals surface area contributed by atoms with Crippen molar-refractivity contribution in [3.05, 3.63) is 30.1 Å². The number of unbranched alkanes of at least 4 members (excludes halogenated alkanes) is 1. The van der Waals surface area contributed by atoms with Gasteiger partial charge in [-0.2, -0.15) is 0 Å². The lowest BCUT2D eigenvalue weighted by molar-refractivity contribution is 0.132. The summed E-state index contributed by atoms with van der Waals surface area (Å²) in [6, 6.07) is 6.04. The molecule has 0 heterocycles. The summed E-state index contributed by atoms with van der Waals surface area (Å²) in [5.41, 5.74) is 0. The Bertz CT molecular complexity index is 303. The summed E-state index contributed by atoms with van der Waals surface area (Å²) < 4.78 is 23.5. The van der Waals surface area contributed by atoms with E-state index in [1.165, 1.54) is 18.6 Å². The molecule has 1 N–H and O–H groups in total. The van der Waals surface area contributed by atoms with Crippen molar-refractivity contribution in [2.75, 3.05) is 32.9 Å². The van der Waals surface area contributed by atoms with Crippen molar-refractivity contribution < 1.29 is 13.9 Å². The number of rotatable bonds is 10. The van der Waals surface area contributed by atoms with Gasteiger partial charge in [0.15, 0.2) is 0 Å². The van der Waals surface area contributed by atoms with Gasteiger partial charge < -0.3 is 14.8 Å². The summed E-state index contributed by atoms with van der Waals surface area (Å²) in [7, 11) is 0. The van der Waals surface area contributed by atoms with Gasteiger partial charge in [0.05, 0.1) is 6.61 Å². The molecule has 0 atom stereocenters. The second-order valence-electron chi connectivity index (χ2n) is 4.02. The van der Waals surface area contributed by atoms with Crippen LogP contribution in [0.25, 0.3) is 0 Å². The number of hydrogen-bond donors (Lipinski definition) is 1. The van der Waals surface area contributed by atoms with Crippen LogP contribution in [0.3, 0.4) is 0 Å². The first-order valence-electron chi connectivity index (χ1n) is 6.49. The first-order chi connectivity index (χ1) is 8.83. The fourth-order valence-electron chi connectivity index (χ4n) is 1.39. The van der Waals surface area contributed by atoms with E-state index in [4.69, 9.17) is 9.47 Å². The Morgan fingerprint density at radius 1 is 1.06 bits per heavy atom. The van der Waals surface area contributed by atoms with Crippen LogP contribution in [0.4, 0.5) is 4.39 Å². The zero-order valence-corrected chi connectivity index (χ0v) is 11.0. The molecule has 102 valence electrons. The lowest BCUT2D eigenvalue weighted by Gasteiger charge is -2.08. The van der Waals surface area contributed by atoms with Crippen LogP contribution >= 0.6 is 0 Å². The second kappa shape index (κ2) is 9.85. The summed E-state index contributed by atoms with van der Waals surface area (Å²) in [4.78, 5) is 0. The average molecular weight is 255 g/mol. The Morgan fingerprint density at radius 3 is 2.50 bits per heavy atom. The van der Waals surface area contributed by atoms with Crippen molar-refractivity contribution in [1.82, 2.24) is 5.32 Å². The largest absolute Gasteiger partial charge is 0.492 e. The third-order valence-electron chi connectivity index (χ3n) is 2.43. The highest BCUT2D eigenvalue weighted by Crippen LogP contribution is 2.10. The number of benzene rings is 1. The normalized spacial score (nSPS) is 10.6. The molecule has 4 heteroatoms. The zero-order chi connectivity index (χ0) is 13.1. The number of hydrogen-bond acceptors (Lipinski definition) is 3. The van der Waals surface area contributed by atoms with Crippen LogP contribution in [0, 0.1) is 5.82 Å². The van der Waals surface area contributed by atoms with Crippen LogP contribution in [0.15, 0.2) is 24.3 Å². The fraction of sp³-hybridized carbons (Fsp3) is 0.571. The van der Waals surface area contributed by atoms with E-state index in [9.17, 15) is 4.39 Å². The van der Waals surface area contributed by atoms with E-state index < -0.39 is 0 Å². The van der Waals surface area contributed by atoms with Crippen molar-refractivity contribution >= 4 is 0 Å². The molecular formula is C14H22FNO2. The molecule has 0 bridgehead atoms. The van der Waals surface area contributed by atoms with Crippen LogP contribution in [0.2, 0.25) is 0 Å². The molecule has 0 aliphatic rings. The molecule has 0 aromatic heterocycles. The van der Waals surface area contributed by atoms with Crippen molar-refractivity contribution in [2.24, 2.45) is 0 Å². The molecule has 18 heavy (non-hydrogen) atoms. The maximum atomic E-state index is 12.6. The van der Waals surface area contributed by atoms with Crippen molar-refractivity contribution in [3.8, 4) is 5.75 Å². The quantitative estimate of drug-likeness (QED) is 0.652. The molecule has 0 amide bonds. The molecule has 0 fully saturated rings. The van der Waals surface area contributed by atoms with Gasteiger partial charge in [0.2, 0.25) is 0 Å². The maximum Gasteiger partial charge on any atom is 0.123 e. The van der Waals surface area contributed by atoms with Gasteiger partial charge in [-0.05, 0) is 30.7 Å². The molecular weight excluding hydrogens is 233 g/mol. The summed E-state index contributed by atoms with van der Waals surface area (Å²) >= 11 is 0. The third-order valence-corrected chi connectivity index (χ3v) is 2.43. The number of ether oxygens (including phenoxy) is 2. The molecule has 0 aliphatic heterocycles. The molecule has 0 unspecified atom stereocenters. The lowest BCUT2D eigenvalue weighted by Crippen LogP contribution is -2.25. The van der Waals surface area contributed by atoms with Gasteiger partial charge in [0.25, 0.3) is 0 Å². The van der Waals surface area contributed by atoms with E-state index in [-0.39, 0.29) is 5.82 Å². The van der Waals surface area contributed by atoms with Gasteiger partial charge >= 0.3 is 0 Å². The molecule has 1 rings (SSSR count). The molecule has 0 spiro atoms. The molecule has 0 saturated heterocycles. The standard InChI is InChI=1S/C14H22FNO2/c1-2-3-10-17-11-8-16-9-12-18-14-6-4-13(15)5-7-14/h4-7,16H,2-3,8-12H2,1H3. The van der Waals surface area contributed by atoms with E-state index in [1.54, 1.807) is 12.1 Å². The van der Waals surface area contributed by atoms with E-state index in [0.717, 1.165) is 32.7 Å². The molecule has 1 aromatic rings. The van der Waals surface area contributed by atoms with Gasteiger partial charge in [-0.15, -0.1) is 0 Å². The average Bonchev–Trinajstić information content (AvgIpc) is 2.39. The monoisotopic (exact) mass is 255 g/mol. The highest BCUT2D eigenvalue weighted by molar-refractivity contribution is 5.21. The molecule has 1 aromatic carbocycles. The van der Waals surface area contributed by atoms with E-state index in [1.807, 2.05) is 0 Å². The van der Waals surface area contributed by atoms with Crippen LogP contribution in [-0.4, -0.2) is 32.9 Å². The number of nitrogens with one attached hydrogen (secondary N) is 1. The van der Waals surface area contributed by atoms with Gasteiger partial charge in [-0.3, -0.25) is 0 Å². The van der Waals surface area contributed by atoms with E-state index in [2.05, 4.69) is 12.2 Å². The second-order valence-corrected chi connectivity index (χ2v) is 4.02. The summed E-state index contributed by atoms with van der Waals surface area (Å²) in [5, 5.41) is 3.22. The highest BCUT2D eigenvalue weighted by Gasteiger charge is 1.94. The highest BCUT2D eigenvalue weighted by atomic mass is 19.1. The molecule has 0 radical (unpaired) electrons. The number of halogens is 1. The molecule has 0 saturated carbocycles. The summed E-state index contributed by atoms with van der Waals surface area (Å²) in [6.45, 7) is 5.88. The summed E-state index contributed by atoms with van der Waals surface area (Å²) in [5.74, 6) is 0.446. The van der Waals surface area contributed by atoms with Crippen LogP contribution in [-0.2, 0) is 4.74 Å². The van der Waals surface area contributed by atoms with Gasteiger partial charge in [-0.25, -0.2) is 4.39 Å². The van der Waals surface area contributed by atoms with Crippen LogP contribution < -0.4 is 10.1 Å². The van der Waals surface area contributed by atoms with Gasteiger partial charge in [0.1, 0.15) is 18.2 Å². The zero-order valence-electron chi connectivity index (χ0n) is 11.0. The predicted octanol–water partition coefficient (Wildman–Crippen LogP) is 2.61. The minimum Gasteiger partial charge on any atom is -0.492 e. The Morgan fingerprint density at radius 2 is 1.78 bits per heavy atom. The first kappa shape index (κ1) is 14.9. The van der Waals surface area contributed by atoms with Crippen molar-refractivity contribution in [1.29, 1.82) is 0 Å². The Hall–Kier alpha value is -1.13. The molecule has 0 aliphatic carbocycles. The van der Waals surface area contributed by atoms with Gasteiger partial charge in [0, 0.05) is 19.7 Å². The Labute approximate surface area is 108 Å². The van der Waals surface area contributed by atoms with E-state index >= 15 is 0 Å². The van der Waals surface area contributed by atoms with E-state index in [0.29, 0.717) is 12.4 Å². The smallest absolute Gasteiger partial charge is 0.123 e. The summed E-state index contributed by atoms with van der Waals surface area (Å²) in [6.07, 6.45) is 2.28. The van der Waals surface area contributed by atoms with Gasteiger partial charge in [-0.1, -0.05) is 13.3 Å². The minimum atomic E-state index is -0.246. The first-order valence-corrected chi connectivity index (χ1v) is 6.49. The fourth-order valence-corrected chi connectivity index (χ4v) is 1.39. The minimum absolute atomic E-state index is 0.246. The third kappa shape index (κ3) is 7.25. The topological polar surface area (TPSA) is 30.5 Å². The van der Waals surface area contributed by atoms with Crippen LogP contribution in [0.5, 0.6) is 5.75 Å². The lowest BCUT2D eigenvalue weighted by atomic mass is 10.3.